The molecule has 0 bridgehead atoms. The van der Waals surface area contributed by atoms with Crippen molar-refractivity contribution >= 4 is 28.9 Å². The van der Waals surface area contributed by atoms with Crippen LogP contribution in [0.25, 0.3) is 0 Å². The van der Waals surface area contributed by atoms with E-state index in [2.05, 4.69) is 5.32 Å². The van der Waals surface area contributed by atoms with Crippen LogP contribution in [0.4, 0.5) is 14.5 Å². The van der Waals surface area contributed by atoms with E-state index in [-0.39, 0.29) is 16.8 Å². The number of anilines is 1. The van der Waals surface area contributed by atoms with Crippen LogP contribution in [0.3, 0.4) is 0 Å². The minimum absolute atomic E-state index is 0.0601. The Morgan fingerprint density at radius 3 is 2.42 bits per heavy atom. The van der Waals surface area contributed by atoms with Crippen molar-refractivity contribution in [3.8, 4) is 0 Å². The number of benzene rings is 2. The van der Waals surface area contributed by atoms with Crippen molar-refractivity contribution in [3.63, 3.8) is 0 Å². The molecule has 0 aliphatic carbocycles. The van der Waals surface area contributed by atoms with Crippen LogP contribution in [0.2, 0.25) is 10.0 Å². The molecule has 0 aliphatic rings. The standard InChI is InChI=1S/C14H11Cl2F2N/c1-8(9-2-4-11(16)13(18)6-9)19-14-7-10(15)3-5-12(14)17/h2-8,19H,1H3. The Labute approximate surface area is 120 Å². The van der Waals surface area contributed by atoms with Gasteiger partial charge in [0.2, 0.25) is 0 Å². The topological polar surface area (TPSA) is 12.0 Å². The molecule has 2 rings (SSSR count). The van der Waals surface area contributed by atoms with Crippen LogP contribution in [0.5, 0.6) is 0 Å². The van der Waals surface area contributed by atoms with Crippen LogP contribution in [0, 0.1) is 11.6 Å². The fourth-order valence-electron chi connectivity index (χ4n) is 1.71. The Bertz CT molecular complexity index is 602. The Kier molecular flexibility index (Phi) is 4.27. The smallest absolute Gasteiger partial charge is 0.146 e. The van der Waals surface area contributed by atoms with Crippen LogP contribution in [-0.2, 0) is 0 Å². The van der Waals surface area contributed by atoms with Gasteiger partial charge in [0, 0.05) is 11.1 Å². The largest absolute Gasteiger partial charge is 0.376 e. The average Bonchev–Trinajstić information content (AvgIpc) is 2.37. The first-order valence-electron chi connectivity index (χ1n) is 5.64. The molecular formula is C14H11Cl2F2N. The molecule has 0 fully saturated rings. The summed E-state index contributed by atoms with van der Waals surface area (Å²) in [6, 6.07) is 8.43. The molecule has 100 valence electrons. The zero-order chi connectivity index (χ0) is 14.0. The highest BCUT2D eigenvalue weighted by Crippen LogP contribution is 2.26. The van der Waals surface area contributed by atoms with Crippen molar-refractivity contribution < 1.29 is 8.78 Å². The summed E-state index contributed by atoms with van der Waals surface area (Å²) in [7, 11) is 0. The third-order valence-corrected chi connectivity index (χ3v) is 3.29. The van der Waals surface area contributed by atoms with E-state index in [1.807, 2.05) is 0 Å². The Morgan fingerprint density at radius 1 is 1.00 bits per heavy atom. The van der Waals surface area contributed by atoms with Crippen LogP contribution in [-0.4, -0.2) is 0 Å². The highest BCUT2D eigenvalue weighted by molar-refractivity contribution is 6.31. The van der Waals surface area contributed by atoms with Crippen molar-refractivity contribution in [2.24, 2.45) is 0 Å². The average molecular weight is 302 g/mol. The Balaban J connectivity index is 2.22. The Hall–Kier alpha value is -1.32. The minimum atomic E-state index is -0.501. The summed E-state index contributed by atoms with van der Waals surface area (Å²) in [6.07, 6.45) is 0. The normalized spacial score (nSPS) is 12.3. The second-order valence-electron chi connectivity index (χ2n) is 4.16. The summed E-state index contributed by atoms with van der Waals surface area (Å²) in [4.78, 5) is 0. The molecular weight excluding hydrogens is 291 g/mol. The summed E-state index contributed by atoms with van der Waals surface area (Å²) in [5, 5.41) is 3.43. The molecule has 0 radical (unpaired) electrons. The van der Waals surface area contributed by atoms with Crippen molar-refractivity contribution in [3.05, 3.63) is 63.6 Å². The highest BCUT2D eigenvalue weighted by atomic mass is 35.5. The van der Waals surface area contributed by atoms with E-state index in [0.29, 0.717) is 10.6 Å². The second kappa shape index (κ2) is 5.76. The fraction of sp³-hybridized carbons (Fsp3) is 0.143. The van der Waals surface area contributed by atoms with Gasteiger partial charge in [-0.25, -0.2) is 8.78 Å². The predicted molar refractivity (Wildman–Crippen MR) is 74.9 cm³/mol. The lowest BCUT2D eigenvalue weighted by molar-refractivity contribution is 0.621. The van der Waals surface area contributed by atoms with Gasteiger partial charge >= 0.3 is 0 Å². The van der Waals surface area contributed by atoms with Crippen molar-refractivity contribution in [1.82, 2.24) is 0 Å². The molecule has 0 aliphatic heterocycles. The van der Waals surface area contributed by atoms with Gasteiger partial charge in [-0.05, 0) is 42.8 Å². The second-order valence-corrected chi connectivity index (χ2v) is 5.01. The van der Waals surface area contributed by atoms with E-state index < -0.39 is 11.6 Å². The summed E-state index contributed by atoms with van der Waals surface area (Å²) in [5.41, 5.74) is 0.941. The number of hydrogen-bond acceptors (Lipinski definition) is 1. The van der Waals surface area contributed by atoms with Gasteiger partial charge in [-0.3, -0.25) is 0 Å². The van der Waals surface area contributed by atoms with Gasteiger partial charge in [0.1, 0.15) is 11.6 Å². The molecule has 0 saturated heterocycles. The molecule has 1 unspecified atom stereocenters. The Morgan fingerprint density at radius 2 is 1.74 bits per heavy atom. The maximum absolute atomic E-state index is 13.6. The number of hydrogen-bond donors (Lipinski definition) is 1. The van der Waals surface area contributed by atoms with Crippen LogP contribution in [0.1, 0.15) is 18.5 Å². The van der Waals surface area contributed by atoms with E-state index in [0.717, 1.165) is 0 Å². The number of nitrogens with one attached hydrogen (secondary N) is 1. The number of halogens is 4. The summed E-state index contributed by atoms with van der Waals surface area (Å²) in [5.74, 6) is -0.912. The maximum atomic E-state index is 13.6. The van der Waals surface area contributed by atoms with Gasteiger partial charge in [0.15, 0.2) is 0 Å². The van der Waals surface area contributed by atoms with Crippen LogP contribution >= 0.6 is 23.2 Å². The fourth-order valence-corrected chi connectivity index (χ4v) is 2.00. The molecule has 0 heterocycles. The first kappa shape index (κ1) is 14.1. The van der Waals surface area contributed by atoms with Crippen molar-refractivity contribution in [1.29, 1.82) is 0 Å². The quantitative estimate of drug-likeness (QED) is 0.795. The van der Waals surface area contributed by atoms with Gasteiger partial charge in [-0.2, -0.15) is 0 Å². The lowest BCUT2D eigenvalue weighted by Crippen LogP contribution is -2.08. The van der Waals surface area contributed by atoms with Gasteiger partial charge in [-0.1, -0.05) is 29.3 Å². The van der Waals surface area contributed by atoms with Gasteiger partial charge in [-0.15, -0.1) is 0 Å². The molecule has 1 nitrogen and oxygen atoms in total. The highest BCUT2D eigenvalue weighted by Gasteiger charge is 2.11. The number of rotatable bonds is 3. The lowest BCUT2D eigenvalue weighted by atomic mass is 10.1. The van der Waals surface area contributed by atoms with E-state index in [4.69, 9.17) is 23.2 Å². The predicted octanol–water partition coefficient (Wildman–Crippen LogP) is 5.44. The van der Waals surface area contributed by atoms with Crippen molar-refractivity contribution in [2.45, 2.75) is 13.0 Å². The zero-order valence-corrected chi connectivity index (χ0v) is 11.6. The van der Waals surface area contributed by atoms with Gasteiger partial charge in [0.25, 0.3) is 0 Å². The van der Waals surface area contributed by atoms with Gasteiger partial charge < -0.3 is 5.32 Å². The SMILES string of the molecule is CC(Nc1cc(Cl)ccc1F)c1ccc(Cl)c(F)c1. The van der Waals surface area contributed by atoms with Crippen LogP contribution < -0.4 is 5.32 Å². The van der Waals surface area contributed by atoms with E-state index in [1.54, 1.807) is 13.0 Å². The first-order chi connectivity index (χ1) is 8.97. The molecule has 1 N–H and O–H groups in total. The maximum Gasteiger partial charge on any atom is 0.146 e. The molecule has 2 aromatic carbocycles. The molecule has 5 heteroatoms. The molecule has 0 aromatic heterocycles. The molecule has 1 atom stereocenters. The molecule has 0 saturated carbocycles. The first-order valence-corrected chi connectivity index (χ1v) is 6.39. The molecule has 0 spiro atoms. The van der Waals surface area contributed by atoms with E-state index >= 15 is 0 Å². The van der Waals surface area contributed by atoms with Crippen LogP contribution in [0.15, 0.2) is 36.4 Å². The van der Waals surface area contributed by atoms with E-state index in [1.165, 1.54) is 30.3 Å². The zero-order valence-electron chi connectivity index (χ0n) is 10.1. The van der Waals surface area contributed by atoms with Gasteiger partial charge in [0.05, 0.1) is 10.7 Å². The summed E-state index contributed by atoms with van der Waals surface area (Å²) in [6.45, 7) is 1.79. The summed E-state index contributed by atoms with van der Waals surface area (Å²) >= 11 is 11.4. The van der Waals surface area contributed by atoms with E-state index in [9.17, 15) is 8.78 Å². The third kappa shape index (κ3) is 3.37. The third-order valence-electron chi connectivity index (χ3n) is 2.74. The lowest BCUT2D eigenvalue weighted by Gasteiger charge is -2.16. The van der Waals surface area contributed by atoms with Crippen molar-refractivity contribution in [2.75, 3.05) is 5.32 Å². The minimum Gasteiger partial charge on any atom is -0.376 e. The molecule has 2 aromatic rings. The molecule has 0 amide bonds. The molecule has 19 heavy (non-hydrogen) atoms. The monoisotopic (exact) mass is 301 g/mol. The summed E-state index contributed by atoms with van der Waals surface area (Å²) < 4.78 is 26.9.